The summed E-state index contributed by atoms with van der Waals surface area (Å²) in [6.07, 6.45) is 3.64. The highest BCUT2D eigenvalue weighted by atomic mass is 16.6. The summed E-state index contributed by atoms with van der Waals surface area (Å²) in [5, 5.41) is 11.0. The van der Waals surface area contributed by atoms with Crippen LogP contribution in [0, 0.1) is 10.1 Å². The molecule has 0 unspecified atom stereocenters. The second-order valence-corrected chi connectivity index (χ2v) is 3.69. The highest BCUT2D eigenvalue weighted by Crippen LogP contribution is 2.27. The van der Waals surface area contributed by atoms with Gasteiger partial charge in [0, 0.05) is 6.07 Å². The molecule has 0 spiro atoms. The number of nitro benzene ring substituents is 1. The molecule has 0 amide bonds. The molecule has 0 aliphatic carbocycles. The fraction of sp³-hybridized carbons (Fsp3) is 0.214. The molecule has 0 heterocycles. The predicted molar refractivity (Wildman–Crippen MR) is 72.5 cm³/mol. The third-order valence-electron chi connectivity index (χ3n) is 2.35. The van der Waals surface area contributed by atoms with E-state index in [1.807, 2.05) is 6.92 Å². The molecule has 0 saturated heterocycles. The van der Waals surface area contributed by atoms with Crippen molar-refractivity contribution in [3.05, 3.63) is 58.7 Å². The molecule has 0 fully saturated rings. The van der Waals surface area contributed by atoms with E-state index < -0.39 is 10.9 Å². The van der Waals surface area contributed by atoms with Gasteiger partial charge in [-0.05, 0) is 12.5 Å². The van der Waals surface area contributed by atoms with Gasteiger partial charge in [0.2, 0.25) is 0 Å². The molecule has 0 radical (unpaired) electrons. The van der Waals surface area contributed by atoms with Crippen LogP contribution < -0.4 is 0 Å². The van der Waals surface area contributed by atoms with Gasteiger partial charge in [-0.15, -0.1) is 0 Å². The Bertz CT molecular complexity index is 520. The number of rotatable bonds is 6. The van der Waals surface area contributed by atoms with Crippen LogP contribution in [-0.4, -0.2) is 17.5 Å². The lowest BCUT2D eigenvalue weighted by Crippen LogP contribution is -2.09. The van der Waals surface area contributed by atoms with Crippen LogP contribution in [-0.2, 0) is 9.53 Å². The van der Waals surface area contributed by atoms with Crippen LogP contribution in [0.4, 0.5) is 5.69 Å². The van der Waals surface area contributed by atoms with Crippen LogP contribution >= 0.6 is 0 Å². The summed E-state index contributed by atoms with van der Waals surface area (Å²) in [5.74, 6) is -0.587. The Morgan fingerprint density at radius 1 is 1.47 bits per heavy atom. The van der Waals surface area contributed by atoms with Crippen LogP contribution in [0.15, 0.2) is 43.0 Å². The normalized spacial score (nSPS) is 10.9. The van der Waals surface area contributed by atoms with Gasteiger partial charge in [-0.3, -0.25) is 10.1 Å². The molecule has 1 rings (SSSR count). The van der Waals surface area contributed by atoms with E-state index in [-0.39, 0.29) is 23.4 Å². The van der Waals surface area contributed by atoms with E-state index in [4.69, 9.17) is 4.74 Å². The summed E-state index contributed by atoms with van der Waals surface area (Å²) in [4.78, 5) is 22.4. The van der Waals surface area contributed by atoms with E-state index in [0.29, 0.717) is 6.42 Å². The van der Waals surface area contributed by atoms with Gasteiger partial charge in [-0.25, -0.2) is 4.79 Å². The average Bonchev–Trinajstić information content (AvgIpc) is 2.42. The van der Waals surface area contributed by atoms with Gasteiger partial charge < -0.3 is 4.74 Å². The molecule has 0 bridgehead atoms. The molecular formula is C14H15NO4. The largest absolute Gasteiger partial charge is 0.458 e. The van der Waals surface area contributed by atoms with Gasteiger partial charge in [0.25, 0.3) is 5.69 Å². The van der Waals surface area contributed by atoms with E-state index in [2.05, 4.69) is 6.58 Å². The quantitative estimate of drug-likeness (QED) is 0.259. The molecule has 1 aromatic rings. The molecule has 0 atom stereocenters. The molecule has 1 aromatic carbocycles. The molecule has 0 aliphatic rings. The van der Waals surface area contributed by atoms with Crippen molar-refractivity contribution in [2.75, 3.05) is 6.61 Å². The van der Waals surface area contributed by atoms with Crippen molar-refractivity contribution in [2.45, 2.75) is 13.3 Å². The van der Waals surface area contributed by atoms with Gasteiger partial charge in [0.05, 0.1) is 16.1 Å². The Hall–Kier alpha value is -2.43. The van der Waals surface area contributed by atoms with Crippen LogP contribution in [0.3, 0.4) is 0 Å². The smallest absolute Gasteiger partial charge is 0.338 e. The zero-order valence-electron chi connectivity index (χ0n) is 10.7. The molecule has 0 aromatic heterocycles. The number of ether oxygens (including phenoxy) is 1. The van der Waals surface area contributed by atoms with Gasteiger partial charge in [0.15, 0.2) is 0 Å². The van der Waals surface area contributed by atoms with Crippen molar-refractivity contribution < 1.29 is 14.5 Å². The number of esters is 1. The van der Waals surface area contributed by atoms with Crippen molar-refractivity contribution in [3.63, 3.8) is 0 Å². The molecular weight excluding hydrogens is 246 g/mol. The Morgan fingerprint density at radius 2 is 2.16 bits per heavy atom. The fourth-order valence-corrected chi connectivity index (χ4v) is 1.58. The van der Waals surface area contributed by atoms with E-state index in [1.54, 1.807) is 18.2 Å². The Balaban J connectivity index is 3.20. The molecule has 5 heteroatoms. The van der Waals surface area contributed by atoms with Crippen molar-refractivity contribution in [2.24, 2.45) is 0 Å². The summed E-state index contributed by atoms with van der Waals surface area (Å²) in [6.45, 7) is 5.36. The van der Waals surface area contributed by atoms with Gasteiger partial charge >= 0.3 is 5.97 Å². The number of hydrogen-bond donors (Lipinski definition) is 0. The van der Waals surface area contributed by atoms with Gasteiger partial charge in [-0.2, -0.15) is 0 Å². The number of nitro groups is 1. The minimum absolute atomic E-state index is 0.0700. The first-order valence-corrected chi connectivity index (χ1v) is 5.83. The maximum atomic E-state index is 11.9. The molecule has 0 saturated carbocycles. The van der Waals surface area contributed by atoms with Crippen LogP contribution in [0.5, 0.6) is 0 Å². The van der Waals surface area contributed by atoms with Crippen molar-refractivity contribution in [1.29, 1.82) is 0 Å². The second-order valence-electron chi connectivity index (χ2n) is 3.69. The van der Waals surface area contributed by atoms with E-state index in [1.165, 1.54) is 18.2 Å². The molecule has 0 N–H and O–H groups in total. The Labute approximate surface area is 111 Å². The standard InChI is InChI=1S/C14H15NO4/c1-3-7-12(14(16)19-10-4-2)11-8-5-6-9-13(11)15(17)18/h4-9H,2-3,10H2,1H3. The number of carbonyl (C=O) groups excluding carboxylic acids is 1. The number of allylic oxidation sites excluding steroid dienone is 1. The van der Waals surface area contributed by atoms with Gasteiger partial charge in [-0.1, -0.05) is 37.8 Å². The van der Waals surface area contributed by atoms with E-state index >= 15 is 0 Å². The summed E-state index contributed by atoms with van der Waals surface area (Å²) in [6, 6.07) is 6.10. The first kappa shape index (κ1) is 14.6. The fourth-order valence-electron chi connectivity index (χ4n) is 1.58. The van der Waals surface area contributed by atoms with E-state index in [9.17, 15) is 14.9 Å². The van der Waals surface area contributed by atoms with Gasteiger partial charge in [0.1, 0.15) is 6.61 Å². The third kappa shape index (κ3) is 3.77. The van der Waals surface area contributed by atoms with Crippen LogP contribution in [0.1, 0.15) is 18.9 Å². The van der Waals surface area contributed by atoms with Crippen LogP contribution in [0.2, 0.25) is 0 Å². The highest BCUT2D eigenvalue weighted by molar-refractivity contribution is 6.17. The topological polar surface area (TPSA) is 69.4 Å². The molecule has 5 nitrogen and oxygen atoms in total. The lowest BCUT2D eigenvalue weighted by molar-refractivity contribution is -0.385. The lowest BCUT2D eigenvalue weighted by atomic mass is 10.0. The number of nitrogens with zero attached hydrogens (tertiary/aromatic N) is 1. The minimum atomic E-state index is -0.587. The summed E-state index contributed by atoms with van der Waals surface area (Å²) in [5.41, 5.74) is 0.359. The first-order chi connectivity index (χ1) is 9.11. The summed E-state index contributed by atoms with van der Waals surface area (Å²) >= 11 is 0. The predicted octanol–water partition coefficient (Wildman–Crippen LogP) is 3.12. The summed E-state index contributed by atoms with van der Waals surface area (Å²) in [7, 11) is 0. The van der Waals surface area contributed by atoms with Crippen molar-refractivity contribution >= 4 is 17.2 Å². The van der Waals surface area contributed by atoms with Crippen molar-refractivity contribution in [1.82, 2.24) is 0 Å². The third-order valence-corrected chi connectivity index (χ3v) is 2.35. The lowest BCUT2D eigenvalue weighted by Gasteiger charge is -2.07. The SMILES string of the molecule is C=CCOC(=O)C(=CCC)c1ccccc1[N+](=O)[O-]. The Morgan fingerprint density at radius 3 is 2.74 bits per heavy atom. The summed E-state index contributed by atoms with van der Waals surface area (Å²) < 4.78 is 4.95. The Kier molecular flexibility index (Phi) is 5.47. The minimum Gasteiger partial charge on any atom is -0.458 e. The first-order valence-electron chi connectivity index (χ1n) is 5.83. The maximum absolute atomic E-state index is 11.9. The van der Waals surface area contributed by atoms with Crippen LogP contribution in [0.25, 0.3) is 5.57 Å². The number of para-hydroxylation sites is 1. The zero-order valence-corrected chi connectivity index (χ0v) is 10.7. The molecule has 0 aliphatic heterocycles. The number of carbonyl (C=O) groups is 1. The number of benzene rings is 1. The molecule has 19 heavy (non-hydrogen) atoms. The van der Waals surface area contributed by atoms with Crippen molar-refractivity contribution in [3.8, 4) is 0 Å². The molecule has 100 valence electrons. The second kappa shape index (κ2) is 7.10. The number of hydrogen-bond acceptors (Lipinski definition) is 4. The monoisotopic (exact) mass is 261 g/mol. The van der Waals surface area contributed by atoms with E-state index in [0.717, 1.165) is 0 Å². The highest BCUT2D eigenvalue weighted by Gasteiger charge is 2.21. The maximum Gasteiger partial charge on any atom is 0.338 e. The zero-order chi connectivity index (χ0) is 14.3. The average molecular weight is 261 g/mol.